The molecule has 3 heteroatoms. The Bertz CT molecular complexity index is 657. The largest absolute Gasteiger partial charge is 0.495 e. The van der Waals surface area contributed by atoms with Crippen LogP contribution in [0, 0.1) is 17.2 Å². The maximum atomic E-state index is 8.98. The van der Waals surface area contributed by atoms with Crippen molar-refractivity contribution in [1.29, 1.82) is 5.26 Å². The van der Waals surface area contributed by atoms with Gasteiger partial charge in [0.25, 0.3) is 0 Å². The van der Waals surface area contributed by atoms with Gasteiger partial charge in [-0.05, 0) is 36.5 Å². The third-order valence-electron chi connectivity index (χ3n) is 3.89. The zero-order valence-electron chi connectivity index (χ0n) is 12.0. The van der Waals surface area contributed by atoms with E-state index < -0.39 is 0 Å². The first-order valence-electron chi connectivity index (χ1n) is 7.21. The van der Waals surface area contributed by atoms with Crippen LogP contribution in [0.25, 0.3) is 0 Å². The number of hydrogen-bond donors (Lipinski definition) is 1. The summed E-state index contributed by atoms with van der Waals surface area (Å²) in [7, 11) is 1.64. The molecular formula is C18H18N2O. The number of ether oxygens (including phenoxy) is 1. The van der Waals surface area contributed by atoms with E-state index in [-0.39, 0.29) is 0 Å². The molecule has 0 spiro atoms. The third-order valence-corrected chi connectivity index (χ3v) is 3.89. The summed E-state index contributed by atoms with van der Waals surface area (Å²) in [6.45, 7) is 0. The molecule has 21 heavy (non-hydrogen) atoms. The van der Waals surface area contributed by atoms with E-state index in [0.29, 0.717) is 17.5 Å². The zero-order valence-corrected chi connectivity index (χ0v) is 12.0. The lowest BCUT2D eigenvalue weighted by Gasteiger charge is -2.21. The van der Waals surface area contributed by atoms with E-state index >= 15 is 0 Å². The van der Waals surface area contributed by atoms with Crippen molar-refractivity contribution >= 4 is 5.69 Å². The Morgan fingerprint density at radius 2 is 1.95 bits per heavy atom. The van der Waals surface area contributed by atoms with Gasteiger partial charge >= 0.3 is 0 Å². The first kappa shape index (κ1) is 13.5. The average Bonchev–Trinajstić information content (AvgIpc) is 3.38. The second kappa shape index (κ2) is 5.88. The number of nitriles is 1. The number of methoxy groups -OCH3 is 1. The third kappa shape index (κ3) is 3.00. The summed E-state index contributed by atoms with van der Waals surface area (Å²) in [5.74, 6) is 1.39. The number of hydrogen-bond acceptors (Lipinski definition) is 3. The lowest BCUT2D eigenvalue weighted by molar-refractivity contribution is 0.415. The maximum absolute atomic E-state index is 8.98. The highest BCUT2D eigenvalue weighted by molar-refractivity contribution is 5.60. The summed E-state index contributed by atoms with van der Waals surface area (Å²) < 4.78 is 5.41. The van der Waals surface area contributed by atoms with Gasteiger partial charge in [-0.3, -0.25) is 0 Å². The first-order chi connectivity index (χ1) is 10.3. The summed E-state index contributed by atoms with van der Waals surface area (Å²) in [5.41, 5.74) is 2.85. The second-order valence-electron chi connectivity index (χ2n) is 5.40. The molecule has 1 unspecified atom stereocenters. The van der Waals surface area contributed by atoms with E-state index in [9.17, 15) is 0 Å². The standard InChI is InChI=1S/C18H18N2O/c1-21-17-11-13(12-19)7-10-16(17)20-18(15-8-9-15)14-5-3-2-4-6-14/h2-7,10-11,15,18,20H,8-9H2,1H3. The van der Waals surface area contributed by atoms with Gasteiger partial charge in [0.15, 0.2) is 0 Å². The minimum atomic E-state index is 0.299. The number of nitrogens with one attached hydrogen (secondary N) is 1. The van der Waals surface area contributed by atoms with Crippen LogP contribution in [0.3, 0.4) is 0 Å². The fourth-order valence-electron chi connectivity index (χ4n) is 2.61. The highest BCUT2D eigenvalue weighted by Gasteiger charge is 2.32. The molecule has 2 aromatic carbocycles. The van der Waals surface area contributed by atoms with Gasteiger partial charge in [0.2, 0.25) is 0 Å². The van der Waals surface area contributed by atoms with Crippen molar-refractivity contribution in [3.63, 3.8) is 0 Å². The average molecular weight is 278 g/mol. The number of anilines is 1. The monoisotopic (exact) mass is 278 g/mol. The molecule has 0 heterocycles. The summed E-state index contributed by atoms with van der Waals surface area (Å²) in [5, 5.41) is 12.6. The Balaban J connectivity index is 1.89. The van der Waals surface area contributed by atoms with Crippen molar-refractivity contribution in [3.8, 4) is 11.8 Å². The fourth-order valence-corrected chi connectivity index (χ4v) is 2.61. The summed E-state index contributed by atoms with van der Waals surface area (Å²) >= 11 is 0. The molecule has 0 bridgehead atoms. The van der Waals surface area contributed by atoms with Crippen LogP contribution in [-0.4, -0.2) is 7.11 Å². The molecule has 0 radical (unpaired) electrons. The van der Waals surface area contributed by atoms with Gasteiger partial charge in [0.05, 0.1) is 30.5 Å². The van der Waals surface area contributed by atoms with Gasteiger partial charge in [-0.1, -0.05) is 30.3 Å². The van der Waals surface area contributed by atoms with Crippen LogP contribution >= 0.6 is 0 Å². The Kier molecular flexibility index (Phi) is 3.79. The molecule has 1 aliphatic rings. The molecule has 2 aromatic rings. The van der Waals surface area contributed by atoms with Gasteiger partial charge in [0, 0.05) is 6.07 Å². The predicted molar refractivity (Wildman–Crippen MR) is 83.2 cm³/mol. The molecule has 0 amide bonds. The number of nitrogens with zero attached hydrogens (tertiary/aromatic N) is 1. The van der Waals surface area contributed by atoms with E-state index in [0.717, 1.165) is 11.4 Å². The quantitative estimate of drug-likeness (QED) is 0.894. The molecule has 0 saturated heterocycles. The minimum Gasteiger partial charge on any atom is -0.495 e. The predicted octanol–water partition coefficient (Wildman–Crippen LogP) is 4.13. The SMILES string of the molecule is COc1cc(C#N)ccc1NC(c1ccccc1)C1CC1. The smallest absolute Gasteiger partial charge is 0.143 e. The summed E-state index contributed by atoms with van der Waals surface area (Å²) in [6.07, 6.45) is 2.51. The van der Waals surface area contributed by atoms with Crippen LogP contribution < -0.4 is 10.1 Å². The highest BCUT2D eigenvalue weighted by atomic mass is 16.5. The molecule has 3 nitrogen and oxygen atoms in total. The van der Waals surface area contributed by atoms with E-state index in [1.165, 1.54) is 18.4 Å². The van der Waals surface area contributed by atoms with Crippen molar-refractivity contribution in [2.45, 2.75) is 18.9 Å². The molecule has 1 aliphatic carbocycles. The van der Waals surface area contributed by atoms with E-state index in [1.54, 1.807) is 13.2 Å². The van der Waals surface area contributed by atoms with Crippen molar-refractivity contribution < 1.29 is 4.74 Å². The Labute approximate surface area is 125 Å². The molecular weight excluding hydrogens is 260 g/mol. The van der Waals surface area contributed by atoms with Gasteiger partial charge in [0.1, 0.15) is 5.75 Å². The highest BCUT2D eigenvalue weighted by Crippen LogP contribution is 2.44. The molecule has 106 valence electrons. The Morgan fingerprint density at radius 1 is 1.19 bits per heavy atom. The molecule has 0 aliphatic heterocycles. The van der Waals surface area contributed by atoms with Crippen molar-refractivity contribution in [3.05, 3.63) is 59.7 Å². The van der Waals surface area contributed by atoms with Gasteiger partial charge in [-0.2, -0.15) is 5.26 Å². The minimum absolute atomic E-state index is 0.299. The number of benzene rings is 2. The molecule has 1 saturated carbocycles. The molecule has 1 N–H and O–H groups in total. The lowest BCUT2D eigenvalue weighted by Crippen LogP contribution is -2.13. The first-order valence-corrected chi connectivity index (χ1v) is 7.21. The van der Waals surface area contributed by atoms with Crippen LogP contribution in [0.1, 0.15) is 30.0 Å². The van der Waals surface area contributed by atoms with Crippen molar-refractivity contribution in [2.75, 3.05) is 12.4 Å². The topological polar surface area (TPSA) is 45.0 Å². The molecule has 1 atom stereocenters. The van der Waals surface area contributed by atoms with E-state index in [4.69, 9.17) is 10.00 Å². The van der Waals surface area contributed by atoms with Crippen LogP contribution in [-0.2, 0) is 0 Å². The van der Waals surface area contributed by atoms with Crippen LogP contribution in [0.15, 0.2) is 48.5 Å². The second-order valence-corrected chi connectivity index (χ2v) is 5.40. The van der Waals surface area contributed by atoms with Crippen molar-refractivity contribution in [2.24, 2.45) is 5.92 Å². The molecule has 1 fully saturated rings. The summed E-state index contributed by atoms with van der Waals surface area (Å²) in [6, 6.07) is 18.5. The van der Waals surface area contributed by atoms with Gasteiger partial charge < -0.3 is 10.1 Å². The lowest BCUT2D eigenvalue weighted by atomic mass is 10.0. The normalized spacial score (nSPS) is 15.0. The maximum Gasteiger partial charge on any atom is 0.143 e. The van der Waals surface area contributed by atoms with Gasteiger partial charge in [-0.15, -0.1) is 0 Å². The van der Waals surface area contributed by atoms with Crippen LogP contribution in [0.2, 0.25) is 0 Å². The Morgan fingerprint density at radius 3 is 2.57 bits per heavy atom. The van der Waals surface area contributed by atoms with E-state index in [1.807, 2.05) is 18.2 Å². The summed E-state index contributed by atoms with van der Waals surface area (Å²) in [4.78, 5) is 0. The molecule has 0 aromatic heterocycles. The van der Waals surface area contributed by atoms with Crippen LogP contribution in [0.4, 0.5) is 5.69 Å². The molecule has 3 rings (SSSR count). The van der Waals surface area contributed by atoms with Crippen LogP contribution in [0.5, 0.6) is 5.75 Å². The zero-order chi connectivity index (χ0) is 14.7. The van der Waals surface area contributed by atoms with Crippen molar-refractivity contribution in [1.82, 2.24) is 0 Å². The fraction of sp³-hybridized carbons (Fsp3) is 0.278. The van der Waals surface area contributed by atoms with E-state index in [2.05, 4.69) is 35.7 Å². The Hall–Kier alpha value is -2.47. The van der Waals surface area contributed by atoms with Gasteiger partial charge in [-0.25, -0.2) is 0 Å². The number of rotatable bonds is 5.